The van der Waals surface area contributed by atoms with Gasteiger partial charge in [-0.05, 0) is 57.3 Å². The largest absolute Gasteiger partial charge is 0.317 e. The van der Waals surface area contributed by atoms with Crippen LogP contribution in [0.5, 0.6) is 0 Å². The van der Waals surface area contributed by atoms with E-state index in [0.717, 1.165) is 19.0 Å². The van der Waals surface area contributed by atoms with Gasteiger partial charge in [-0.1, -0.05) is 29.8 Å². The van der Waals surface area contributed by atoms with E-state index in [1.807, 2.05) is 0 Å². The van der Waals surface area contributed by atoms with Gasteiger partial charge in [0.25, 0.3) is 0 Å². The number of hydrogen-bond donors (Lipinski definition) is 2. The van der Waals surface area contributed by atoms with Crippen molar-refractivity contribution in [1.29, 1.82) is 0 Å². The molecule has 1 aromatic rings. The summed E-state index contributed by atoms with van der Waals surface area (Å²) in [6, 6.07) is 8.75. The fourth-order valence-corrected chi connectivity index (χ4v) is 2.53. The first kappa shape index (κ1) is 12.6. The van der Waals surface area contributed by atoms with Crippen LogP contribution >= 0.6 is 0 Å². The molecule has 0 saturated carbocycles. The van der Waals surface area contributed by atoms with Gasteiger partial charge in [-0.3, -0.25) is 0 Å². The second kappa shape index (κ2) is 6.77. The first-order chi connectivity index (χ1) is 8.34. The van der Waals surface area contributed by atoms with Crippen LogP contribution in [-0.2, 0) is 6.54 Å². The van der Waals surface area contributed by atoms with E-state index in [9.17, 15) is 0 Å². The summed E-state index contributed by atoms with van der Waals surface area (Å²) in [7, 11) is 0. The summed E-state index contributed by atoms with van der Waals surface area (Å²) in [6.45, 7) is 6.73. The molecule has 1 fully saturated rings. The van der Waals surface area contributed by atoms with Gasteiger partial charge in [0.1, 0.15) is 0 Å². The summed E-state index contributed by atoms with van der Waals surface area (Å²) in [6.07, 6.45) is 4.03. The molecule has 1 saturated heterocycles. The van der Waals surface area contributed by atoms with Crippen molar-refractivity contribution in [2.24, 2.45) is 5.92 Å². The minimum absolute atomic E-state index is 0.932. The van der Waals surface area contributed by atoms with Gasteiger partial charge in [0.05, 0.1) is 0 Å². The molecule has 2 N–H and O–H groups in total. The van der Waals surface area contributed by atoms with Crippen LogP contribution in [0.2, 0.25) is 0 Å². The van der Waals surface area contributed by atoms with Gasteiger partial charge in [0.2, 0.25) is 0 Å². The zero-order chi connectivity index (χ0) is 11.9. The Kier molecular flexibility index (Phi) is 5.02. The molecule has 2 nitrogen and oxygen atoms in total. The highest BCUT2D eigenvalue weighted by molar-refractivity contribution is 5.21. The van der Waals surface area contributed by atoms with Crippen molar-refractivity contribution >= 4 is 0 Å². The lowest BCUT2D eigenvalue weighted by atomic mass is 9.95. The average Bonchev–Trinajstić information content (AvgIpc) is 2.36. The number of hydrogen-bond acceptors (Lipinski definition) is 2. The molecule has 0 atom stereocenters. The normalized spacial score (nSPS) is 17.2. The molecular formula is C15H24N2. The Morgan fingerprint density at radius 3 is 2.88 bits per heavy atom. The fourth-order valence-electron chi connectivity index (χ4n) is 2.53. The molecule has 0 amide bonds. The molecule has 1 heterocycles. The van der Waals surface area contributed by atoms with Gasteiger partial charge >= 0.3 is 0 Å². The summed E-state index contributed by atoms with van der Waals surface area (Å²) in [5.74, 6) is 0.932. The number of nitrogens with one attached hydrogen (secondary N) is 2. The van der Waals surface area contributed by atoms with Crippen LogP contribution in [0.25, 0.3) is 0 Å². The Labute approximate surface area is 105 Å². The molecule has 1 aromatic carbocycles. The number of rotatable bonds is 5. The zero-order valence-electron chi connectivity index (χ0n) is 10.8. The van der Waals surface area contributed by atoms with Crippen LogP contribution in [0.3, 0.4) is 0 Å². The number of benzene rings is 1. The van der Waals surface area contributed by atoms with Gasteiger partial charge in [-0.2, -0.15) is 0 Å². The smallest absolute Gasteiger partial charge is 0.0205 e. The lowest BCUT2D eigenvalue weighted by Gasteiger charge is -2.22. The third-order valence-electron chi connectivity index (χ3n) is 3.60. The van der Waals surface area contributed by atoms with Gasteiger partial charge in [-0.15, -0.1) is 0 Å². The first-order valence-electron chi connectivity index (χ1n) is 6.81. The third-order valence-corrected chi connectivity index (χ3v) is 3.60. The number of aryl methyl sites for hydroxylation is 1. The maximum Gasteiger partial charge on any atom is 0.0205 e. The summed E-state index contributed by atoms with van der Waals surface area (Å²) in [4.78, 5) is 0. The Morgan fingerprint density at radius 1 is 1.29 bits per heavy atom. The van der Waals surface area contributed by atoms with Crippen LogP contribution < -0.4 is 10.6 Å². The van der Waals surface area contributed by atoms with E-state index in [1.54, 1.807) is 0 Å². The van der Waals surface area contributed by atoms with Crippen LogP contribution in [0.15, 0.2) is 24.3 Å². The minimum Gasteiger partial charge on any atom is -0.317 e. The molecule has 0 aromatic heterocycles. The molecule has 1 aliphatic rings. The van der Waals surface area contributed by atoms with E-state index in [-0.39, 0.29) is 0 Å². The second-order valence-corrected chi connectivity index (χ2v) is 5.15. The topological polar surface area (TPSA) is 24.1 Å². The monoisotopic (exact) mass is 232 g/mol. The number of piperidine rings is 1. The van der Waals surface area contributed by atoms with Crippen molar-refractivity contribution in [2.75, 3.05) is 19.6 Å². The van der Waals surface area contributed by atoms with Gasteiger partial charge in [-0.25, -0.2) is 0 Å². The quantitative estimate of drug-likeness (QED) is 0.762. The standard InChI is InChI=1S/C15H24N2/c1-13-3-2-4-15(11-13)12-17-10-7-14-5-8-16-9-6-14/h2-4,11,14,16-17H,5-10,12H2,1H3. The molecule has 94 valence electrons. The van der Waals surface area contributed by atoms with E-state index in [1.165, 1.54) is 43.5 Å². The van der Waals surface area contributed by atoms with Crippen LogP contribution in [0.1, 0.15) is 30.4 Å². The summed E-state index contributed by atoms with van der Waals surface area (Å²) in [5, 5.41) is 6.97. The van der Waals surface area contributed by atoms with Crippen molar-refractivity contribution in [1.82, 2.24) is 10.6 Å². The predicted molar refractivity (Wildman–Crippen MR) is 73.1 cm³/mol. The highest BCUT2D eigenvalue weighted by Crippen LogP contribution is 2.14. The average molecular weight is 232 g/mol. The Hall–Kier alpha value is -0.860. The molecule has 17 heavy (non-hydrogen) atoms. The second-order valence-electron chi connectivity index (χ2n) is 5.15. The highest BCUT2D eigenvalue weighted by Gasteiger charge is 2.11. The SMILES string of the molecule is Cc1cccc(CNCCC2CCNCC2)c1. The van der Waals surface area contributed by atoms with Crippen molar-refractivity contribution < 1.29 is 0 Å². The summed E-state index contributed by atoms with van der Waals surface area (Å²) < 4.78 is 0. The maximum atomic E-state index is 3.56. The van der Waals surface area contributed by atoms with Gasteiger partial charge in [0, 0.05) is 6.54 Å². The minimum atomic E-state index is 0.932. The van der Waals surface area contributed by atoms with Gasteiger partial charge < -0.3 is 10.6 Å². The van der Waals surface area contributed by atoms with Crippen LogP contribution in [-0.4, -0.2) is 19.6 Å². The molecule has 0 bridgehead atoms. The highest BCUT2D eigenvalue weighted by atomic mass is 14.9. The molecule has 0 radical (unpaired) electrons. The summed E-state index contributed by atoms with van der Waals surface area (Å²) >= 11 is 0. The molecular weight excluding hydrogens is 208 g/mol. The Morgan fingerprint density at radius 2 is 2.12 bits per heavy atom. The van der Waals surface area contributed by atoms with Crippen molar-refractivity contribution in [3.8, 4) is 0 Å². The Bertz CT molecular complexity index is 329. The molecule has 0 unspecified atom stereocenters. The van der Waals surface area contributed by atoms with Crippen molar-refractivity contribution in [3.63, 3.8) is 0 Å². The van der Waals surface area contributed by atoms with E-state index < -0.39 is 0 Å². The fraction of sp³-hybridized carbons (Fsp3) is 0.600. The van der Waals surface area contributed by atoms with E-state index in [0.29, 0.717) is 0 Å². The van der Waals surface area contributed by atoms with Crippen LogP contribution in [0, 0.1) is 12.8 Å². The predicted octanol–water partition coefficient (Wildman–Crippen LogP) is 2.47. The summed E-state index contributed by atoms with van der Waals surface area (Å²) in [5.41, 5.74) is 2.75. The zero-order valence-corrected chi connectivity index (χ0v) is 10.8. The molecule has 2 rings (SSSR count). The van der Waals surface area contributed by atoms with E-state index >= 15 is 0 Å². The Balaban J connectivity index is 1.62. The lowest BCUT2D eigenvalue weighted by molar-refractivity contribution is 0.348. The van der Waals surface area contributed by atoms with E-state index in [4.69, 9.17) is 0 Å². The molecule has 0 spiro atoms. The third kappa shape index (κ3) is 4.49. The molecule has 0 aliphatic carbocycles. The van der Waals surface area contributed by atoms with Crippen molar-refractivity contribution in [2.45, 2.75) is 32.7 Å². The van der Waals surface area contributed by atoms with E-state index in [2.05, 4.69) is 41.8 Å². The molecule has 1 aliphatic heterocycles. The van der Waals surface area contributed by atoms with Crippen molar-refractivity contribution in [3.05, 3.63) is 35.4 Å². The maximum absolute atomic E-state index is 3.56. The first-order valence-corrected chi connectivity index (χ1v) is 6.81. The van der Waals surface area contributed by atoms with Gasteiger partial charge in [0.15, 0.2) is 0 Å². The molecule has 2 heteroatoms. The van der Waals surface area contributed by atoms with Crippen LogP contribution in [0.4, 0.5) is 0 Å². The lowest BCUT2D eigenvalue weighted by Crippen LogP contribution is -2.29.